The van der Waals surface area contributed by atoms with Gasteiger partial charge >= 0.3 is 0 Å². The Balaban J connectivity index is 1.40. The van der Waals surface area contributed by atoms with Gasteiger partial charge < -0.3 is 14.7 Å². The molecule has 3 aromatic rings. The van der Waals surface area contributed by atoms with Crippen LogP contribution in [0.2, 0.25) is 0 Å². The second-order valence-corrected chi connectivity index (χ2v) is 8.19. The van der Waals surface area contributed by atoms with Crippen molar-refractivity contribution in [2.75, 3.05) is 18.5 Å². The Bertz CT molecular complexity index is 1110. The normalized spacial score (nSPS) is 17.7. The maximum absolute atomic E-state index is 13.2. The molecule has 0 spiro atoms. The molecule has 2 heterocycles. The summed E-state index contributed by atoms with van der Waals surface area (Å²) in [4.78, 5) is 27.4. The van der Waals surface area contributed by atoms with Crippen LogP contribution in [0.25, 0.3) is 0 Å². The summed E-state index contributed by atoms with van der Waals surface area (Å²) in [5.74, 6) is 0.225. The molecule has 2 unspecified atom stereocenters. The zero-order chi connectivity index (χ0) is 23.4. The number of carbonyl (C=O) groups excluding carboxylic acids is 2. The molecule has 1 aliphatic heterocycles. The summed E-state index contributed by atoms with van der Waals surface area (Å²) in [7, 11) is 1.81. The Morgan fingerprint density at radius 3 is 2.58 bits per heavy atom. The minimum atomic E-state index is -0.232. The van der Waals surface area contributed by atoms with E-state index in [1.54, 1.807) is 18.9 Å². The Labute approximate surface area is 193 Å². The average molecular weight is 448 g/mol. The first-order valence-corrected chi connectivity index (χ1v) is 11.1. The van der Waals surface area contributed by atoms with Gasteiger partial charge in [-0.2, -0.15) is 0 Å². The standard InChI is InChI=1S/C25H29N5O3/c1-4-21-22(16(2)29-33-21)24(31)26-14-17-10-12-18(13-11-17)23-20(15-27-28-23)25(32)30(3)19-8-6-5-7-9-19/h5-13,20,23,27-28H,4,14-15H2,1-3H3,(H,26,31). The minimum Gasteiger partial charge on any atom is -0.360 e. The van der Waals surface area contributed by atoms with E-state index in [9.17, 15) is 9.59 Å². The van der Waals surface area contributed by atoms with Crippen molar-refractivity contribution in [2.45, 2.75) is 32.9 Å². The second kappa shape index (κ2) is 9.97. The topological polar surface area (TPSA) is 99.5 Å². The molecule has 0 radical (unpaired) electrons. The lowest BCUT2D eigenvalue weighted by atomic mass is 9.93. The predicted octanol–water partition coefficient (Wildman–Crippen LogP) is 2.90. The number of nitrogens with one attached hydrogen (secondary N) is 3. The fourth-order valence-electron chi connectivity index (χ4n) is 4.13. The molecule has 1 saturated heterocycles. The highest BCUT2D eigenvalue weighted by molar-refractivity contribution is 5.96. The number of para-hydroxylation sites is 1. The van der Waals surface area contributed by atoms with E-state index in [1.165, 1.54) is 0 Å². The molecular formula is C25H29N5O3. The van der Waals surface area contributed by atoms with Crippen molar-refractivity contribution in [1.29, 1.82) is 0 Å². The Morgan fingerprint density at radius 2 is 1.88 bits per heavy atom. The van der Waals surface area contributed by atoms with Gasteiger partial charge in [0.1, 0.15) is 11.3 Å². The third-order valence-corrected chi connectivity index (χ3v) is 6.05. The van der Waals surface area contributed by atoms with E-state index in [0.29, 0.717) is 36.5 Å². The van der Waals surface area contributed by atoms with Crippen molar-refractivity contribution >= 4 is 17.5 Å². The SMILES string of the molecule is CCc1onc(C)c1C(=O)NCc1ccc(C2NNCC2C(=O)N(C)c2ccccc2)cc1. The molecular weight excluding hydrogens is 418 g/mol. The van der Waals surface area contributed by atoms with Gasteiger partial charge in [-0.15, -0.1) is 0 Å². The molecule has 0 aliphatic carbocycles. The van der Waals surface area contributed by atoms with Crippen LogP contribution < -0.4 is 21.1 Å². The van der Waals surface area contributed by atoms with Crippen molar-refractivity contribution in [3.63, 3.8) is 0 Å². The van der Waals surface area contributed by atoms with E-state index in [-0.39, 0.29) is 23.8 Å². The molecule has 2 atom stereocenters. The van der Waals surface area contributed by atoms with Crippen LogP contribution in [0.4, 0.5) is 5.69 Å². The van der Waals surface area contributed by atoms with Gasteiger partial charge in [0, 0.05) is 32.2 Å². The third kappa shape index (κ3) is 4.81. The van der Waals surface area contributed by atoms with Crippen LogP contribution in [-0.2, 0) is 17.8 Å². The Kier molecular flexibility index (Phi) is 6.86. The van der Waals surface area contributed by atoms with Crippen molar-refractivity contribution in [3.8, 4) is 0 Å². The molecule has 1 aromatic heterocycles. The number of amides is 2. The molecule has 33 heavy (non-hydrogen) atoms. The lowest BCUT2D eigenvalue weighted by Crippen LogP contribution is -2.36. The zero-order valence-electron chi connectivity index (χ0n) is 19.1. The molecule has 172 valence electrons. The van der Waals surface area contributed by atoms with E-state index in [1.807, 2.05) is 61.5 Å². The fourth-order valence-corrected chi connectivity index (χ4v) is 4.13. The Hall–Kier alpha value is -3.49. The van der Waals surface area contributed by atoms with Crippen molar-refractivity contribution in [2.24, 2.45) is 5.92 Å². The van der Waals surface area contributed by atoms with Crippen LogP contribution in [0.15, 0.2) is 59.1 Å². The van der Waals surface area contributed by atoms with E-state index >= 15 is 0 Å². The number of rotatable bonds is 7. The summed E-state index contributed by atoms with van der Waals surface area (Å²) in [5, 5.41) is 6.83. The van der Waals surface area contributed by atoms with Gasteiger partial charge in [0.25, 0.3) is 5.91 Å². The van der Waals surface area contributed by atoms with Crippen molar-refractivity contribution in [1.82, 2.24) is 21.3 Å². The molecule has 0 bridgehead atoms. The lowest BCUT2D eigenvalue weighted by Gasteiger charge is -2.24. The number of hydrazine groups is 1. The van der Waals surface area contributed by atoms with E-state index in [2.05, 4.69) is 21.3 Å². The monoisotopic (exact) mass is 447 g/mol. The second-order valence-electron chi connectivity index (χ2n) is 8.19. The predicted molar refractivity (Wildman–Crippen MR) is 125 cm³/mol. The third-order valence-electron chi connectivity index (χ3n) is 6.05. The molecule has 2 amide bonds. The molecule has 4 rings (SSSR count). The molecule has 3 N–H and O–H groups in total. The minimum absolute atomic E-state index is 0.0517. The van der Waals surface area contributed by atoms with Gasteiger partial charge in [-0.1, -0.05) is 54.5 Å². The molecule has 2 aromatic carbocycles. The maximum Gasteiger partial charge on any atom is 0.257 e. The lowest BCUT2D eigenvalue weighted by molar-refractivity contribution is -0.122. The molecule has 8 heteroatoms. The number of aromatic nitrogens is 1. The van der Waals surface area contributed by atoms with Crippen LogP contribution in [0, 0.1) is 12.8 Å². The quantitative estimate of drug-likeness (QED) is 0.515. The maximum atomic E-state index is 13.2. The van der Waals surface area contributed by atoms with E-state index < -0.39 is 0 Å². The smallest absolute Gasteiger partial charge is 0.257 e. The van der Waals surface area contributed by atoms with Crippen molar-refractivity contribution in [3.05, 3.63) is 82.7 Å². The van der Waals surface area contributed by atoms with Gasteiger partial charge in [-0.3, -0.25) is 15.0 Å². The first-order valence-electron chi connectivity index (χ1n) is 11.1. The number of hydrogen-bond donors (Lipinski definition) is 3. The molecule has 0 saturated carbocycles. The molecule has 8 nitrogen and oxygen atoms in total. The number of benzene rings is 2. The largest absolute Gasteiger partial charge is 0.360 e. The summed E-state index contributed by atoms with van der Waals surface area (Å²) in [6.07, 6.45) is 0.611. The highest BCUT2D eigenvalue weighted by Crippen LogP contribution is 2.28. The van der Waals surface area contributed by atoms with Gasteiger partial charge in [-0.25, -0.2) is 5.43 Å². The van der Waals surface area contributed by atoms with Crippen LogP contribution in [0.5, 0.6) is 0 Å². The summed E-state index contributed by atoms with van der Waals surface area (Å²) in [5.41, 5.74) is 10.3. The summed E-state index contributed by atoms with van der Waals surface area (Å²) in [6, 6.07) is 17.4. The van der Waals surface area contributed by atoms with Crippen LogP contribution >= 0.6 is 0 Å². The summed E-state index contributed by atoms with van der Waals surface area (Å²) >= 11 is 0. The highest BCUT2D eigenvalue weighted by Gasteiger charge is 2.36. The van der Waals surface area contributed by atoms with Gasteiger partial charge in [-0.05, 0) is 30.2 Å². The number of hydrogen-bond acceptors (Lipinski definition) is 6. The van der Waals surface area contributed by atoms with E-state index in [4.69, 9.17) is 4.52 Å². The number of anilines is 1. The average Bonchev–Trinajstić information content (AvgIpc) is 3.49. The van der Waals surface area contributed by atoms with Crippen LogP contribution in [-0.4, -0.2) is 30.6 Å². The van der Waals surface area contributed by atoms with Crippen LogP contribution in [0.1, 0.15) is 45.9 Å². The first-order chi connectivity index (χ1) is 16.0. The fraction of sp³-hybridized carbons (Fsp3) is 0.320. The van der Waals surface area contributed by atoms with Gasteiger partial charge in [0.15, 0.2) is 0 Å². The van der Waals surface area contributed by atoms with Crippen LogP contribution in [0.3, 0.4) is 0 Å². The number of nitrogens with zero attached hydrogens (tertiary/aromatic N) is 2. The molecule has 1 fully saturated rings. The first kappa shape index (κ1) is 22.7. The van der Waals surface area contributed by atoms with Crippen molar-refractivity contribution < 1.29 is 14.1 Å². The number of carbonyl (C=O) groups is 2. The molecule has 1 aliphatic rings. The van der Waals surface area contributed by atoms with Gasteiger partial charge in [0.05, 0.1) is 17.7 Å². The van der Waals surface area contributed by atoms with Gasteiger partial charge in [0.2, 0.25) is 5.91 Å². The summed E-state index contributed by atoms with van der Waals surface area (Å²) in [6.45, 7) is 4.64. The van der Waals surface area contributed by atoms with E-state index in [0.717, 1.165) is 16.8 Å². The number of aryl methyl sites for hydroxylation is 2. The highest BCUT2D eigenvalue weighted by atomic mass is 16.5. The Morgan fingerprint density at radius 1 is 1.15 bits per heavy atom. The zero-order valence-corrected chi connectivity index (χ0v) is 19.1. The summed E-state index contributed by atoms with van der Waals surface area (Å²) < 4.78 is 5.21.